The molecule has 0 aliphatic carbocycles. The van der Waals surface area contributed by atoms with Crippen LogP contribution in [-0.2, 0) is 22.6 Å². The van der Waals surface area contributed by atoms with Crippen molar-refractivity contribution in [2.75, 3.05) is 6.54 Å². The number of fused-ring (bicyclic) bond motifs is 1. The van der Waals surface area contributed by atoms with E-state index in [-0.39, 0.29) is 18.9 Å². The molecule has 9 heteroatoms. The van der Waals surface area contributed by atoms with E-state index < -0.39 is 18.0 Å². The van der Waals surface area contributed by atoms with Crippen LogP contribution in [0.25, 0.3) is 11.0 Å². The topological polar surface area (TPSA) is 120 Å². The number of furan rings is 1. The number of H-pyrrole nitrogens is 1. The van der Waals surface area contributed by atoms with Gasteiger partial charge in [0.15, 0.2) is 0 Å². The minimum atomic E-state index is -0.854. The Morgan fingerprint density at radius 2 is 2.07 bits per heavy atom. The largest absolute Gasteiger partial charge is 0.467 e. The standard InChI is InChI=1S/C20H21N5O4/c26-18(21-9-3-8-17-22-14-6-1-2-7-15(14)23-17)11-16-19(27)25(20(28)24-16)12-13-5-4-10-29-13/h1-2,4-7,10,16H,3,8-9,11-12H2,(H,21,26)(H,22,23)(H,24,28)/t16-/m0/s1. The Balaban J connectivity index is 1.21. The van der Waals surface area contributed by atoms with Crippen molar-refractivity contribution in [3.63, 3.8) is 0 Å². The van der Waals surface area contributed by atoms with Crippen molar-refractivity contribution in [1.29, 1.82) is 0 Å². The molecule has 0 saturated carbocycles. The van der Waals surface area contributed by atoms with Crippen molar-refractivity contribution >= 4 is 28.9 Å². The highest BCUT2D eigenvalue weighted by Crippen LogP contribution is 2.14. The van der Waals surface area contributed by atoms with Gasteiger partial charge >= 0.3 is 6.03 Å². The van der Waals surface area contributed by atoms with Crippen LogP contribution in [0.2, 0.25) is 0 Å². The van der Waals surface area contributed by atoms with E-state index in [2.05, 4.69) is 20.6 Å². The normalized spacial score (nSPS) is 16.4. The maximum atomic E-state index is 12.4. The molecule has 3 heterocycles. The lowest BCUT2D eigenvalue weighted by Gasteiger charge is -2.11. The number of urea groups is 1. The molecule has 1 fully saturated rings. The van der Waals surface area contributed by atoms with Crippen LogP contribution in [0.5, 0.6) is 0 Å². The molecule has 29 heavy (non-hydrogen) atoms. The first-order valence-electron chi connectivity index (χ1n) is 9.45. The zero-order valence-corrected chi connectivity index (χ0v) is 15.7. The fourth-order valence-electron chi connectivity index (χ4n) is 3.29. The number of aromatic nitrogens is 2. The summed E-state index contributed by atoms with van der Waals surface area (Å²) in [7, 11) is 0. The SMILES string of the molecule is O=C(C[C@@H]1NC(=O)N(Cc2ccco2)C1=O)NCCCc1nc2ccccc2[nH]1. The number of hydrogen-bond acceptors (Lipinski definition) is 5. The molecule has 4 amide bonds. The number of nitrogens with zero attached hydrogens (tertiary/aromatic N) is 2. The van der Waals surface area contributed by atoms with Gasteiger partial charge in [0.05, 0.1) is 30.3 Å². The van der Waals surface area contributed by atoms with Gasteiger partial charge in [-0.25, -0.2) is 9.78 Å². The lowest BCUT2D eigenvalue weighted by Crippen LogP contribution is -2.36. The van der Waals surface area contributed by atoms with E-state index in [1.165, 1.54) is 6.26 Å². The Kier molecular flexibility index (Phi) is 5.28. The second-order valence-corrected chi connectivity index (χ2v) is 6.86. The predicted octanol–water partition coefficient (Wildman–Crippen LogP) is 1.72. The summed E-state index contributed by atoms with van der Waals surface area (Å²) in [6.07, 6.45) is 2.79. The van der Waals surface area contributed by atoms with Crippen LogP contribution in [0.15, 0.2) is 47.1 Å². The Morgan fingerprint density at radius 3 is 2.86 bits per heavy atom. The molecule has 3 N–H and O–H groups in total. The number of nitrogens with one attached hydrogen (secondary N) is 3. The van der Waals surface area contributed by atoms with E-state index in [1.807, 2.05) is 24.3 Å². The van der Waals surface area contributed by atoms with E-state index in [4.69, 9.17) is 4.42 Å². The number of imide groups is 1. The maximum absolute atomic E-state index is 12.4. The van der Waals surface area contributed by atoms with Crippen LogP contribution in [0.1, 0.15) is 24.4 Å². The molecule has 1 saturated heterocycles. The molecule has 0 unspecified atom stereocenters. The van der Waals surface area contributed by atoms with Crippen LogP contribution in [0.4, 0.5) is 4.79 Å². The molecule has 0 spiro atoms. The summed E-state index contributed by atoms with van der Waals surface area (Å²) in [6, 6.07) is 9.79. The number of para-hydroxylation sites is 2. The Morgan fingerprint density at radius 1 is 1.21 bits per heavy atom. The summed E-state index contributed by atoms with van der Waals surface area (Å²) in [5.74, 6) is 0.661. The number of carbonyl (C=O) groups is 3. The summed E-state index contributed by atoms with van der Waals surface area (Å²) in [4.78, 5) is 45.3. The second kappa shape index (κ2) is 8.17. The minimum absolute atomic E-state index is 0.0489. The fourth-order valence-corrected chi connectivity index (χ4v) is 3.29. The summed E-state index contributed by atoms with van der Waals surface area (Å²) >= 11 is 0. The van der Waals surface area contributed by atoms with Crippen molar-refractivity contribution in [1.82, 2.24) is 25.5 Å². The van der Waals surface area contributed by atoms with Crippen molar-refractivity contribution in [2.45, 2.75) is 31.8 Å². The van der Waals surface area contributed by atoms with Crippen molar-refractivity contribution in [3.8, 4) is 0 Å². The molecule has 4 rings (SSSR count). The van der Waals surface area contributed by atoms with Gasteiger partial charge in [-0.3, -0.25) is 14.5 Å². The Hall–Kier alpha value is -3.62. The van der Waals surface area contributed by atoms with Gasteiger partial charge in [-0.05, 0) is 30.7 Å². The molecule has 2 aromatic heterocycles. The maximum Gasteiger partial charge on any atom is 0.325 e. The lowest BCUT2D eigenvalue weighted by atomic mass is 10.2. The average molecular weight is 395 g/mol. The smallest absolute Gasteiger partial charge is 0.325 e. The van der Waals surface area contributed by atoms with Crippen molar-refractivity contribution in [2.24, 2.45) is 0 Å². The van der Waals surface area contributed by atoms with Gasteiger partial charge in [0.1, 0.15) is 17.6 Å². The molecule has 1 aliphatic rings. The van der Waals surface area contributed by atoms with E-state index in [0.29, 0.717) is 25.1 Å². The third-order valence-corrected chi connectivity index (χ3v) is 4.74. The average Bonchev–Trinajstić information content (AvgIpc) is 3.42. The monoisotopic (exact) mass is 395 g/mol. The quantitative estimate of drug-likeness (QED) is 0.396. The molecule has 0 bridgehead atoms. The van der Waals surface area contributed by atoms with Crippen LogP contribution in [-0.4, -0.2) is 45.3 Å². The van der Waals surface area contributed by atoms with Gasteiger partial charge in [0, 0.05) is 13.0 Å². The first-order valence-corrected chi connectivity index (χ1v) is 9.45. The second-order valence-electron chi connectivity index (χ2n) is 6.86. The van der Waals surface area contributed by atoms with E-state index in [0.717, 1.165) is 21.8 Å². The van der Waals surface area contributed by atoms with E-state index in [9.17, 15) is 14.4 Å². The summed E-state index contributed by atoms with van der Waals surface area (Å²) < 4.78 is 5.17. The van der Waals surface area contributed by atoms with Gasteiger partial charge in [-0.2, -0.15) is 0 Å². The van der Waals surface area contributed by atoms with Gasteiger partial charge in [0.25, 0.3) is 5.91 Å². The van der Waals surface area contributed by atoms with Crippen molar-refractivity contribution < 1.29 is 18.8 Å². The van der Waals surface area contributed by atoms with Gasteiger partial charge in [-0.1, -0.05) is 12.1 Å². The first kappa shape index (κ1) is 18.7. The number of imidazole rings is 1. The van der Waals surface area contributed by atoms with Crippen LogP contribution < -0.4 is 10.6 Å². The molecule has 9 nitrogen and oxygen atoms in total. The molecule has 3 aromatic rings. The molecule has 0 radical (unpaired) electrons. The fraction of sp³-hybridized carbons (Fsp3) is 0.300. The summed E-state index contributed by atoms with van der Waals surface area (Å²) in [5, 5.41) is 5.34. The summed E-state index contributed by atoms with van der Waals surface area (Å²) in [5.41, 5.74) is 1.90. The summed E-state index contributed by atoms with van der Waals surface area (Å²) in [6.45, 7) is 0.508. The minimum Gasteiger partial charge on any atom is -0.467 e. The van der Waals surface area contributed by atoms with E-state index >= 15 is 0 Å². The number of hydrogen-bond donors (Lipinski definition) is 3. The number of carbonyl (C=O) groups excluding carboxylic acids is 3. The third kappa shape index (κ3) is 4.29. The zero-order chi connectivity index (χ0) is 20.2. The lowest BCUT2D eigenvalue weighted by molar-refractivity contribution is -0.131. The van der Waals surface area contributed by atoms with Gasteiger partial charge in [0.2, 0.25) is 5.91 Å². The highest BCUT2D eigenvalue weighted by molar-refractivity contribution is 6.05. The molecular weight excluding hydrogens is 374 g/mol. The number of benzene rings is 1. The van der Waals surface area contributed by atoms with Gasteiger partial charge < -0.3 is 20.0 Å². The molecule has 1 aromatic carbocycles. The Bertz CT molecular complexity index is 994. The molecule has 1 aliphatic heterocycles. The highest BCUT2D eigenvalue weighted by Gasteiger charge is 2.39. The number of aromatic amines is 1. The van der Waals surface area contributed by atoms with Crippen molar-refractivity contribution in [3.05, 3.63) is 54.2 Å². The number of rotatable bonds is 8. The van der Waals surface area contributed by atoms with E-state index in [1.54, 1.807) is 12.1 Å². The molecule has 150 valence electrons. The van der Waals surface area contributed by atoms with Crippen LogP contribution in [0.3, 0.4) is 0 Å². The predicted molar refractivity (Wildman–Crippen MR) is 104 cm³/mol. The first-order chi connectivity index (χ1) is 14.1. The Labute approximate surface area is 166 Å². The molecular formula is C20H21N5O4. The number of aryl methyl sites for hydroxylation is 1. The molecule has 1 atom stereocenters. The zero-order valence-electron chi connectivity index (χ0n) is 15.7. The van der Waals surface area contributed by atoms with Gasteiger partial charge in [-0.15, -0.1) is 0 Å². The third-order valence-electron chi connectivity index (χ3n) is 4.74. The van der Waals surface area contributed by atoms with Crippen LogP contribution >= 0.6 is 0 Å². The van der Waals surface area contributed by atoms with Crippen LogP contribution in [0, 0.1) is 0 Å². The number of amides is 4. The highest BCUT2D eigenvalue weighted by atomic mass is 16.3.